The molecule has 2 aromatic carbocycles. The Hall–Kier alpha value is -3.85. The van der Waals surface area contributed by atoms with E-state index in [2.05, 4.69) is 34.5 Å². The van der Waals surface area contributed by atoms with E-state index in [-0.39, 0.29) is 24.3 Å². The summed E-state index contributed by atoms with van der Waals surface area (Å²) in [7, 11) is 3.24. The summed E-state index contributed by atoms with van der Waals surface area (Å²) in [4.78, 5) is 46.7. The molecule has 0 radical (unpaired) electrons. The lowest BCUT2D eigenvalue weighted by molar-refractivity contribution is -0.134. The van der Waals surface area contributed by atoms with Crippen LogP contribution < -0.4 is 10.1 Å². The van der Waals surface area contributed by atoms with Crippen molar-refractivity contribution in [3.05, 3.63) is 77.0 Å². The van der Waals surface area contributed by atoms with Gasteiger partial charge in [0, 0.05) is 58.3 Å². The van der Waals surface area contributed by atoms with E-state index in [0.717, 1.165) is 31.6 Å². The standard InChI is InChI=1S/C29H35N5O4/c1-31-23-20-34(28(36)26(23)27(30-29(31)37)22-10-6-7-11-24(22)38-2)15-13-25(35)33-18-16-32(17-19-33)14-12-21-8-4-3-5-9-21/h3-11,27H,12-20H2,1-2H3,(H,30,37). The monoisotopic (exact) mass is 517 g/mol. The van der Waals surface area contributed by atoms with E-state index < -0.39 is 6.04 Å². The highest BCUT2D eigenvalue weighted by molar-refractivity contribution is 6.01. The number of hydrogen-bond acceptors (Lipinski definition) is 5. The first kappa shape index (κ1) is 25.8. The average molecular weight is 518 g/mol. The number of carbonyl (C=O) groups is 3. The number of nitrogens with zero attached hydrogens (tertiary/aromatic N) is 4. The minimum absolute atomic E-state index is 0.0641. The molecule has 1 atom stereocenters. The highest BCUT2D eigenvalue weighted by Crippen LogP contribution is 2.38. The van der Waals surface area contributed by atoms with Crippen molar-refractivity contribution in [3.8, 4) is 5.75 Å². The van der Waals surface area contributed by atoms with Crippen LogP contribution in [0.4, 0.5) is 4.79 Å². The van der Waals surface area contributed by atoms with Crippen LogP contribution in [0.5, 0.6) is 5.75 Å². The van der Waals surface area contributed by atoms with Gasteiger partial charge in [0.2, 0.25) is 5.91 Å². The molecule has 0 saturated carbocycles. The Morgan fingerprint density at radius 2 is 1.68 bits per heavy atom. The third kappa shape index (κ3) is 5.24. The van der Waals surface area contributed by atoms with Crippen molar-refractivity contribution in [2.24, 2.45) is 0 Å². The number of urea groups is 1. The first-order valence-corrected chi connectivity index (χ1v) is 13.2. The maximum Gasteiger partial charge on any atom is 0.322 e. The number of likely N-dealkylation sites (N-methyl/N-ethyl adjacent to an activating group) is 1. The summed E-state index contributed by atoms with van der Waals surface area (Å²) in [5, 5.41) is 2.94. The molecule has 0 aliphatic carbocycles. The molecule has 0 spiro atoms. The predicted octanol–water partition coefficient (Wildman–Crippen LogP) is 2.26. The molecule has 4 amide bonds. The number of hydrogen-bond donors (Lipinski definition) is 1. The number of carbonyl (C=O) groups excluding carboxylic acids is 3. The number of rotatable bonds is 8. The Morgan fingerprint density at radius 1 is 0.974 bits per heavy atom. The van der Waals surface area contributed by atoms with Gasteiger partial charge in [0.15, 0.2) is 0 Å². The molecule has 1 N–H and O–H groups in total. The van der Waals surface area contributed by atoms with E-state index in [9.17, 15) is 14.4 Å². The smallest absolute Gasteiger partial charge is 0.322 e. The van der Waals surface area contributed by atoms with Gasteiger partial charge >= 0.3 is 6.03 Å². The van der Waals surface area contributed by atoms with Crippen LogP contribution in [0.3, 0.4) is 0 Å². The Kier molecular flexibility index (Phi) is 7.64. The molecule has 38 heavy (non-hydrogen) atoms. The van der Waals surface area contributed by atoms with Gasteiger partial charge in [-0.2, -0.15) is 0 Å². The maximum atomic E-state index is 13.5. The number of nitrogens with one attached hydrogen (secondary N) is 1. The number of piperazine rings is 1. The van der Waals surface area contributed by atoms with Gasteiger partial charge in [-0.1, -0.05) is 48.5 Å². The summed E-state index contributed by atoms with van der Waals surface area (Å²) in [6.45, 7) is 4.73. The van der Waals surface area contributed by atoms with Gasteiger partial charge in [0.1, 0.15) is 5.75 Å². The fourth-order valence-electron chi connectivity index (χ4n) is 5.48. The van der Waals surface area contributed by atoms with Crippen LogP contribution in [0, 0.1) is 0 Å². The zero-order chi connectivity index (χ0) is 26.6. The Balaban J connectivity index is 1.16. The lowest BCUT2D eigenvalue weighted by Crippen LogP contribution is -2.49. The van der Waals surface area contributed by atoms with E-state index >= 15 is 0 Å². The second kappa shape index (κ2) is 11.3. The molecule has 200 valence electrons. The molecular weight excluding hydrogens is 482 g/mol. The van der Waals surface area contributed by atoms with Gasteiger partial charge in [-0.15, -0.1) is 0 Å². The van der Waals surface area contributed by atoms with Gasteiger partial charge in [-0.05, 0) is 18.1 Å². The molecule has 3 aliphatic heterocycles. The van der Waals surface area contributed by atoms with Crippen molar-refractivity contribution in [2.45, 2.75) is 18.9 Å². The molecule has 9 heteroatoms. The molecule has 3 heterocycles. The van der Waals surface area contributed by atoms with Crippen molar-refractivity contribution < 1.29 is 19.1 Å². The molecule has 1 saturated heterocycles. The molecule has 5 rings (SSSR count). The molecule has 3 aliphatic rings. The molecule has 1 unspecified atom stereocenters. The second-order valence-corrected chi connectivity index (χ2v) is 9.98. The minimum Gasteiger partial charge on any atom is -0.496 e. The first-order chi connectivity index (χ1) is 18.5. The summed E-state index contributed by atoms with van der Waals surface area (Å²) in [5.41, 5.74) is 3.28. The number of benzene rings is 2. The molecule has 1 fully saturated rings. The molecule has 0 bridgehead atoms. The van der Waals surface area contributed by atoms with Crippen molar-refractivity contribution in [1.29, 1.82) is 0 Å². The summed E-state index contributed by atoms with van der Waals surface area (Å²) in [5.74, 6) is 0.522. The van der Waals surface area contributed by atoms with E-state index in [0.29, 0.717) is 43.2 Å². The van der Waals surface area contributed by atoms with Crippen LogP contribution in [0.2, 0.25) is 0 Å². The van der Waals surface area contributed by atoms with Crippen LogP contribution in [0.15, 0.2) is 65.9 Å². The average Bonchev–Trinajstić information content (AvgIpc) is 3.29. The lowest BCUT2D eigenvalue weighted by atomic mass is 9.95. The maximum absolute atomic E-state index is 13.5. The van der Waals surface area contributed by atoms with E-state index in [1.165, 1.54) is 10.5 Å². The minimum atomic E-state index is -0.595. The van der Waals surface area contributed by atoms with Crippen molar-refractivity contribution in [1.82, 2.24) is 24.9 Å². The Morgan fingerprint density at radius 3 is 2.42 bits per heavy atom. The topological polar surface area (TPSA) is 85.4 Å². The second-order valence-electron chi connectivity index (χ2n) is 9.98. The molecule has 2 aromatic rings. The molecule has 9 nitrogen and oxygen atoms in total. The number of amides is 4. The molecule has 0 aromatic heterocycles. The zero-order valence-corrected chi connectivity index (χ0v) is 22.1. The van der Waals surface area contributed by atoms with Crippen LogP contribution in [0.1, 0.15) is 23.6 Å². The van der Waals surface area contributed by atoms with Crippen molar-refractivity contribution in [2.75, 3.05) is 60.0 Å². The van der Waals surface area contributed by atoms with Gasteiger partial charge in [0.05, 0.1) is 31.0 Å². The summed E-state index contributed by atoms with van der Waals surface area (Å²) in [6.07, 6.45) is 1.27. The third-order valence-corrected chi connectivity index (χ3v) is 7.77. The Labute approximate surface area is 223 Å². The SMILES string of the molecule is COc1ccccc1C1NC(=O)N(C)C2=C1C(=O)N(CCC(=O)N1CCN(CCc3ccccc3)CC1)C2. The van der Waals surface area contributed by atoms with Gasteiger partial charge in [-0.3, -0.25) is 19.4 Å². The van der Waals surface area contributed by atoms with Gasteiger partial charge in [-0.25, -0.2) is 4.79 Å². The fourth-order valence-corrected chi connectivity index (χ4v) is 5.48. The lowest BCUT2D eigenvalue weighted by Gasteiger charge is -2.35. The van der Waals surface area contributed by atoms with E-state index in [4.69, 9.17) is 4.74 Å². The summed E-state index contributed by atoms with van der Waals surface area (Å²) < 4.78 is 5.50. The van der Waals surface area contributed by atoms with Crippen LogP contribution in [0.25, 0.3) is 0 Å². The van der Waals surface area contributed by atoms with Gasteiger partial charge < -0.3 is 19.9 Å². The van der Waals surface area contributed by atoms with Gasteiger partial charge in [0.25, 0.3) is 5.91 Å². The molecular formula is C29H35N5O4. The first-order valence-electron chi connectivity index (χ1n) is 13.2. The van der Waals surface area contributed by atoms with Crippen molar-refractivity contribution >= 4 is 17.8 Å². The van der Waals surface area contributed by atoms with Crippen molar-refractivity contribution in [3.63, 3.8) is 0 Å². The predicted molar refractivity (Wildman–Crippen MR) is 143 cm³/mol. The van der Waals surface area contributed by atoms with Crippen LogP contribution in [-0.4, -0.2) is 97.4 Å². The highest BCUT2D eigenvalue weighted by Gasteiger charge is 2.43. The highest BCUT2D eigenvalue weighted by atomic mass is 16.5. The van der Waals surface area contributed by atoms with E-state index in [1.807, 2.05) is 35.2 Å². The van der Waals surface area contributed by atoms with E-state index in [1.54, 1.807) is 19.1 Å². The largest absolute Gasteiger partial charge is 0.496 e. The number of para-hydroxylation sites is 1. The number of ether oxygens (including phenoxy) is 1. The summed E-state index contributed by atoms with van der Waals surface area (Å²) >= 11 is 0. The Bertz CT molecular complexity index is 1220. The zero-order valence-electron chi connectivity index (χ0n) is 22.1. The number of methoxy groups -OCH3 is 1. The normalized spacial score (nSPS) is 20.1. The van der Waals surface area contributed by atoms with Crippen LogP contribution >= 0.6 is 0 Å². The quantitative estimate of drug-likeness (QED) is 0.581. The fraction of sp³-hybridized carbons (Fsp3) is 0.414. The van der Waals surface area contributed by atoms with Crippen LogP contribution in [-0.2, 0) is 16.0 Å². The third-order valence-electron chi connectivity index (χ3n) is 7.77. The summed E-state index contributed by atoms with van der Waals surface area (Å²) in [6, 6.07) is 17.0.